The molecule has 2 N–H and O–H groups in total. The van der Waals surface area contributed by atoms with Crippen molar-refractivity contribution in [3.63, 3.8) is 0 Å². The second-order valence-corrected chi connectivity index (χ2v) is 4.43. The van der Waals surface area contributed by atoms with E-state index in [1.807, 2.05) is 32.2 Å². The van der Waals surface area contributed by atoms with E-state index in [-0.39, 0.29) is 12.5 Å². The summed E-state index contributed by atoms with van der Waals surface area (Å²) in [4.78, 5) is 11.8. The predicted molar refractivity (Wildman–Crippen MR) is 82.3 cm³/mol. The molecule has 0 aliphatic rings. The molecule has 0 heterocycles. The smallest absolute Gasteiger partial charge is 0.261 e. The SMILES string of the molecule is C#CCNC(=O)C(C)Oc1ccc(CNC)cc1OCC. The molecule has 5 nitrogen and oxygen atoms in total. The molecule has 1 unspecified atom stereocenters. The van der Waals surface area contributed by atoms with Crippen LogP contribution in [0.25, 0.3) is 0 Å². The van der Waals surface area contributed by atoms with Crippen LogP contribution in [0, 0.1) is 12.3 Å². The van der Waals surface area contributed by atoms with Crippen LogP contribution in [0.4, 0.5) is 0 Å². The van der Waals surface area contributed by atoms with E-state index in [9.17, 15) is 4.79 Å². The predicted octanol–water partition coefficient (Wildman–Crippen LogP) is 1.32. The van der Waals surface area contributed by atoms with Crippen molar-refractivity contribution in [2.45, 2.75) is 26.5 Å². The molecule has 1 amide bonds. The summed E-state index contributed by atoms with van der Waals surface area (Å²) in [5, 5.41) is 5.66. The van der Waals surface area contributed by atoms with E-state index >= 15 is 0 Å². The highest BCUT2D eigenvalue weighted by atomic mass is 16.5. The van der Waals surface area contributed by atoms with Crippen molar-refractivity contribution in [3.05, 3.63) is 23.8 Å². The third-order valence-electron chi connectivity index (χ3n) is 2.73. The second kappa shape index (κ2) is 8.88. The first kappa shape index (κ1) is 16.9. The number of hydrogen-bond donors (Lipinski definition) is 2. The zero-order chi connectivity index (χ0) is 15.7. The molecule has 21 heavy (non-hydrogen) atoms. The van der Waals surface area contributed by atoms with E-state index < -0.39 is 6.10 Å². The van der Waals surface area contributed by atoms with Crippen molar-refractivity contribution in [2.24, 2.45) is 0 Å². The summed E-state index contributed by atoms with van der Waals surface area (Å²) in [6.45, 7) is 5.02. The van der Waals surface area contributed by atoms with Gasteiger partial charge in [-0.2, -0.15) is 0 Å². The number of nitrogens with one attached hydrogen (secondary N) is 2. The Kier molecular flexibility index (Phi) is 7.13. The average Bonchev–Trinajstić information content (AvgIpc) is 2.47. The van der Waals surface area contributed by atoms with Gasteiger partial charge in [0.1, 0.15) is 0 Å². The van der Waals surface area contributed by atoms with Gasteiger partial charge in [0.2, 0.25) is 0 Å². The van der Waals surface area contributed by atoms with Crippen molar-refractivity contribution in [3.8, 4) is 23.8 Å². The molecule has 0 aromatic heterocycles. The Labute approximate surface area is 126 Å². The second-order valence-electron chi connectivity index (χ2n) is 4.43. The zero-order valence-electron chi connectivity index (χ0n) is 12.7. The lowest BCUT2D eigenvalue weighted by Crippen LogP contribution is -2.36. The molecule has 1 atom stereocenters. The standard InChI is InChI=1S/C16H22N2O3/c1-5-9-18-16(19)12(3)21-14-8-7-13(11-17-4)10-15(14)20-6-2/h1,7-8,10,12,17H,6,9,11H2,2-4H3,(H,18,19). The minimum Gasteiger partial charge on any atom is -0.490 e. The molecule has 0 aliphatic heterocycles. The zero-order valence-corrected chi connectivity index (χ0v) is 12.7. The van der Waals surface area contributed by atoms with E-state index in [4.69, 9.17) is 15.9 Å². The van der Waals surface area contributed by atoms with Gasteiger partial charge >= 0.3 is 0 Å². The van der Waals surface area contributed by atoms with E-state index in [2.05, 4.69) is 16.6 Å². The van der Waals surface area contributed by atoms with Gasteiger partial charge in [0.25, 0.3) is 5.91 Å². The van der Waals surface area contributed by atoms with Crippen molar-refractivity contribution >= 4 is 5.91 Å². The third kappa shape index (κ3) is 5.36. The van der Waals surface area contributed by atoms with Gasteiger partial charge in [-0.1, -0.05) is 12.0 Å². The van der Waals surface area contributed by atoms with Crippen molar-refractivity contribution in [1.82, 2.24) is 10.6 Å². The Morgan fingerprint density at radius 3 is 2.81 bits per heavy atom. The van der Waals surface area contributed by atoms with E-state index in [0.717, 1.165) is 12.1 Å². The fourth-order valence-corrected chi connectivity index (χ4v) is 1.76. The van der Waals surface area contributed by atoms with Crippen LogP contribution in [-0.2, 0) is 11.3 Å². The van der Waals surface area contributed by atoms with Gasteiger partial charge in [-0.05, 0) is 38.6 Å². The van der Waals surface area contributed by atoms with Crippen LogP contribution < -0.4 is 20.1 Å². The Morgan fingerprint density at radius 1 is 1.43 bits per heavy atom. The lowest BCUT2D eigenvalue weighted by atomic mass is 10.2. The molecule has 0 spiro atoms. The molecular weight excluding hydrogens is 268 g/mol. The average molecular weight is 290 g/mol. The Balaban J connectivity index is 2.81. The topological polar surface area (TPSA) is 59.6 Å². The summed E-state index contributed by atoms with van der Waals surface area (Å²) in [7, 11) is 1.88. The third-order valence-corrected chi connectivity index (χ3v) is 2.73. The lowest BCUT2D eigenvalue weighted by Gasteiger charge is -2.17. The summed E-state index contributed by atoms with van der Waals surface area (Å²) >= 11 is 0. The monoisotopic (exact) mass is 290 g/mol. The number of benzene rings is 1. The molecule has 0 fully saturated rings. The number of rotatable bonds is 8. The fraction of sp³-hybridized carbons (Fsp3) is 0.438. The summed E-state index contributed by atoms with van der Waals surface area (Å²) < 4.78 is 11.2. The van der Waals surface area contributed by atoms with Crippen LogP contribution in [0.1, 0.15) is 19.4 Å². The Morgan fingerprint density at radius 2 is 2.19 bits per heavy atom. The first-order valence-corrected chi connectivity index (χ1v) is 6.90. The van der Waals surface area contributed by atoms with Gasteiger partial charge in [0.05, 0.1) is 13.2 Å². The summed E-state index contributed by atoms with van der Waals surface area (Å²) in [6, 6.07) is 5.64. The molecule has 5 heteroatoms. The summed E-state index contributed by atoms with van der Waals surface area (Å²) in [5.74, 6) is 3.26. The molecule has 1 rings (SSSR count). The minimum atomic E-state index is -0.646. The minimum absolute atomic E-state index is 0.186. The molecule has 0 saturated carbocycles. The highest BCUT2D eigenvalue weighted by molar-refractivity contribution is 5.81. The molecule has 1 aromatic carbocycles. The molecule has 0 radical (unpaired) electrons. The first-order chi connectivity index (χ1) is 10.1. The number of carbonyl (C=O) groups is 1. The molecule has 1 aromatic rings. The largest absolute Gasteiger partial charge is 0.490 e. The van der Waals surface area contributed by atoms with Crippen molar-refractivity contribution in [2.75, 3.05) is 20.2 Å². The van der Waals surface area contributed by atoms with E-state index in [1.54, 1.807) is 6.92 Å². The maximum atomic E-state index is 11.8. The molecule has 0 saturated heterocycles. The van der Waals surface area contributed by atoms with E-state index in [0.29, 0.717) is 18.1 Å². The molecule has 0 aliphatic carbocycles. The van der Waals surface area contributed by atoms with Crippen LogP contribution in [0.15, 0.2) is 18.2 Å². The van der Waals surface area contributed by atoms with Crippen LogP contribution in [0.3, 0.4) is 0 Å². The molecular formula is C16H22N2O3. The number of hydrogen-bond acceptors (Lipinski definition) is 4. The maximum Gasteiger partial charge on any atom is 0.261 e. The molecule has 0 bridgehead atoms. The first-order valence-electron chi connectivity index (χ1n) is 6.90. The highest BCUT2D eigenvalue weighted by Gasteiger charge is 2.16. The van der Waals surface area contributed by atoms with Gasteiger partial charge in [-0.15, -0.1) is 6.42 Å². The number of ether oxygens (including phenoxy) is 2. The van der Waals surface area contributed by atoms with Crippen molar-refractivity contribution < 1.29 is 14.3 Å². The quantitative estimate of drug-likeness (QED) is 0.709. The Bertz CT molecular complexity index is 509. The number of terminal acetylenes is 1. The van der Waals surface area contributed by atoms with Crippen LogP contribution in [0.5, 0.6) is 11.5 Å². The van der Waals surface area contributed by atoms with Gasteiger partial charge in [0, 0.05) is 6.54 Å². The van der Waals surface area contributed by atoms with Gasteiger partial charge in [-0.25, -0.2) is 0 Å². The summed E-state index contributed by atoms with van der Waals surface area (Å²) in [5.41, 5.74) is 1.08. The van der Waals surface area contributed by atoms with Crippen LogP contribution in [-0.4, -0.2) is 32.2 Å². The normalized spacial score (nSPS) is 11.3. The fourth-order valence-electron chi connectivity index (χ4n) is 1.76. The number of carbonyl (C=O) groups excluding carboxylic acids is 1. The van der Waals surface area contributed by atoms with Gasteiger partial charge in [-0.3, -0.25) is 4.79 Å². The van der Waals surface area contributed by atoms with Gasteiger partial charge in [0.15, 0.2) is 17.6 Å². The molecule has 114 valence electrons. The van der Waals surface area contributed by atoms with Crippen molar-refractivity contribution in [1.29, 1.82) is 0 Å². The van der Waals surface area contributed by atoms with Gasteiger partial charge < -0.3 is 20.1 Å². The lowest BCUT2D eigenvalue weighted by molar-refractivity contribution is -0.127. The summed E-state index contributed by atoms with van der Waals surface area (Å²) in [6.07, 6.45) is 4.46. The van der Waals surface area contributed by atoms with Crippen LogP contribution >= 0.6 is 0 Å². The van der Waals surface area contributed by atoms with E-state index in [1.165, 1.54) is 0 Å². The van der Waals surface area contributed by atoms with Crippen LogP contribution in [0.2, 0.25) is 0 Å². The maximum absolute atomic E-state index is 11.8. The highest BCUT2D eigenvalue weighted by Crippen LogP contribution is 2.29. The Hall–Kier alpha value is -2.19. The number of amides is 1.